The van der Waals surface area contributed by atoms with Crippen molar-refractivity contribution in [3.05, 3.63) is 18.5 Å². The van der Waals surface area contributed by atoms with Crippen LogP contribution < -0.4 is 10.2 Å². The highest BCUT2D eigenvalue weighted by Crippen LogP contribution is 2.40. The summed E-state index contributed by atoms with van der Waals surface area (Å²) in [6.45, 7) is 6.63. The monoisotopic (exact) mass is 401 g/mol. The zero-order valence-electron chi connectivity index (χ0n) is 17.5. The van der Waals surface area contributed by atoms with Gasteiger partial charge in [-0.2, -0.15) is 0 Å². The van der Waals surface area contributed by atoms with E-state index in [0.717, 1.165) is 64.5 Å². The van der Waals surface area contributed by atoms with Crippen LogP contribution in [0.25, 0.3) is 0 Å². The highest BCUT2D eigenvalue weighted by atomic mass is 16.5. The second-order valence-electron chi connectivity index (χ2n) is 8.96. The molecule has 7 heteroatoms. The standard InChI is InChI=1S/C22H35N5O2/c28-20(6-14-26-12-2-1-3-13-26)25-17-19-5-7-22(18-29-19)8-15-27(16-9-22)21-23-10-4-11-24-21/h4,10-11,19H,1-3,5-9,12-18H2,(H,25,28)/t19-/m0/s1. The van der Waals surface area contributed by atoms with Crippen LogP contribution >= 0.6 is 0 Å². The molecule has 1 aromatic heterocycles. The number of rotatable bonds is 6. The van der Waals surface area contributed by atoms with Crippen LogP contribution in [0, 0.1) is 5.41 Å². The molecule has 7 nitrogen and oxygen atoms in total. The van der Waals surface area contributed by atoms with E-state index in [1.54, 1.807) is 0 Å². The zero-order chi connectivity index (χ0) is 19.9. The highest BCUT2D eigenvalue weighted by molar-refractivity contribution is 5.76. The molecule has 4 rings (SSSR count). The van der Waals surface area contributed by atoms with Gasteiger partial charge >= 0.3 is 0 Å². The summed E-state index contributed by atoms with van der Waals surface area (Å²) in [6, 6.07) is 1.86. The summed E-state index contributed by atoms with van der Waals surface area (Å²) in [5.74, 6) is 1.000. The van der Waals surface area contributed by atoms with Crippen LogP contribution in [0.2, 0.25) is 0 Å². The van der Waals surface area contributed by atoms with Gasteiger partial charge in [-0.1, -0.05) is 6.42 Å². The molecule has 0 aliphatic carbocycles. The Hall–Kier alpha value is -1.73. The number of hydrogen-bond acceptors (Lipinski definition) is 6. The van der Waals surface area contributed by atoms with Gasteiger partial charge in [0.25, 0.3) is 0 Å². The molecule has 3 aliphatic rings. The number of hydrogen-bond donors (Lipinski definition) is 1. The van der Waals surface area contributed by atoms with Crippen LogP contribution in [0.5, 0.6) is 0 Å². The summed E-state index contributed by atoms with van der Waals surface area (Å²) in [7, 11) is 0. The minimum Gasteiger partial charge on any atom is -0.376 e. The van der Waals surface area contributed by atoms with Crippen molar-refractivity contribution in [3.8, 4) is 0 Å². The van der Waals surface area contributed by atoms with Crippen LogP contribution in [0.3, 0.4) is 0 Å². The first kappa shape index (κ1) is 20.5. The van der Waals surface area contributed by atoms with Gasteiger partial charge in [-0.25, -0.2) is 9.97 Å². The Balaban J connectivity index is 1.13. The lowest BCUT2D eigenvalue weighted by molar-refractivity contribution is -0.123. The third-order valence-corrected chi connectivity index (χ3v) is 6.91. The number of nitrogens with zero attached hydrogens (tertiary/aromatic N) is 4. The summed E-state index contributed by atoms with van der Waals surface area (Å²) in [4.78, 5) is 25.6. The van der Waals surface area contributed by atoms with E-state index in [2.05, 4.69) is 25.1 Å². The zero-order valence-corrected chi connectivity index (χ0v) is 17.5. The normalized spacial score (nSPS) is 25.1. The molecule has 160 valence electrons. The number of piperidine rings is 2. The molecule has 1 aromatic rings. The Bertz CT molecular complexity index is 632. The summed E-state index contributed by atoms with van der Waals surface area (Å²) in [5, 5.41) is 3.10. The smallest absolute Gasteiger partial charge is 0.225 e. The fraction of sp³-hybridized carbons (Fsp3) is 0.773. The number of carbonyl (C=O) groups is 1. The highest BCUT2D eigenvalue weighted by Gasteiger charge is 2.39. The summed E-state index contributed by atoms with van der Waals surface area (Å²) in [6.07, 6.45) is 12.7. The number of anilines is 1. The maximum atomic E-state index is 12.2. The summed E-state index contributed by atoms with van der Waals surface area (Å²) >= 11 is 0. The minimum absolute atomic E-state index is 0.162. The molecule has 3 aliphatic heterocycles. The molecule has 1 N–H and O–H groups in total. The molecule has 0 radical (unpaired) electrons. The summed E-state index contributed by atoms with van der Waals surface area (Å²) < 4.78 is 6.18. The Morgan fingerprint density at radius 3 is 2.55 bits per heavy atom. The predicted octanol–water partition coefficient (Wildman–Crippen LogP) is 2.23. The number of amides is 1. The molecule has 0 bridgehead atoms. The van der Waals surface area contributed by atoms with Crippen LogP contribution in [-0.2, 0) is 9.53 Å². The molecule has 1 atom stereocenters. The van der Waals surface area contributed by atoms with Crippen molar-refractivity contribution in [1.82, 2.24) is 20.2 Å². The molecule has 0 unspecified atom stereocenters. The third-order valence-electron chi connectivity index (χ3n) is 6.91. The van der Waals surface area contributed by atoms with Gasteiger partial charge in [0.15, 0.2) is 0 Å². The van der Waals surface area contributed by atoms with Crippen molar-refractivity contribution in [3.63, 3.8) is 0 Å². The molecular formula is C22H35N5O2. The number of aromatic nitrogens is 2. The predicted molar refractivity (Wildman–Crippen MR) is 113 cm³/mol. The van der Waals surface area contributed by atoms with E-state index >= 15 is 0 Å². The first-order valence-corrected chi connectivity index (χ1v) is 11.4. The average Bonchev–Trinajstić information content (AvgIpc) is 2.79. The minimum atomic E-state index is 0.162. The number of nitrogens with one attached hydrogen (secondary N) is 1. The lowest BCUT2D eigenvalue weighted by Crippen LogP contribution is -2.48. The molecule has 1 amide bonds. The Labute approximate surface area is 174 Å². The Morgan fingerprint density at radius 2 is 1.86 bits per heavy atom. The number of likely N-dealkylation sites (tertiary alicyclic amines) is 1. The Kier molecular flexibility index (Phi) is 6.98. The third kappa shape index (κ3) is 5.66. The topological polar surface area (TPSA) is 70.6 Å². The molecule has 3 fully saturated rings. The second-order valence-corrected chi connectivity index (χ2v) is 8.96. The molecular weight excluding hydrogens is 366 g/mol. The van der Waals surface area contributed by atoms with Gasteiger partial charge in [-0.05, 0) is 63.1 Å². The van der Waals surface area contributed by atoms with E-state index in [-0.39, 0.29) is 12.0 Å². The van der Waals surface area contributed by atoms with Crippen LogP contribution in [-0.4, -0.2) is 72.8 Å². The first-order chi connectivity index (χ1) is 14.2. The van der Waals surface area contributed by atoms with Gasteiger partial charge in [0.1, 0.15) is 0 Å². The van der Waals surface area contributed by atoms with Crippen molar-refractivity contribution < 1.29 is 9.53 Å². The van der Waals surface area contributed by atoms with E-state index in [0.29, 0.717) is 18.4 Å². The van der Waals surface area contributed by atoms with Gasteiger partial charge in [0, 0.05) is 45.0 Å². The van der Waals surface area contributed by atoms with E-state index in [1.165, 1.54) is 25.7 Å². The van der Waals surface area contributed by atoms with Crippen LogP contribution in [0.15, 0.2) is 18.5 Å². The molecule has 3 saturated heterocycles. The lowest BCUT2D eigenvalue weighted by Gasteiger charge is -2.45. The molecule has 1 spiro atoms. The van der Waals surface area contributed by atoms with E-state index in [1.807, 2.05) is 18.5 Å². The number of ether oxygens (including phenoxy) is 1. The van der Waals surface area contributed by atoms with Gasteiger partial charge in [-0.3, -0.25) is 4.79 Å². The van der Waals surface area contributed by atoms with Gasteiger partial charge in [0.05, 0.1) is 12.7 Å². The SMILES string of the molecule is O=C(CCN1CCCCC1)NC[C@@H]1CCC2(CCN(c3ncccn3)CC2)CO1. The van der Waals surface area contributed by atoms with Crippen molar-refractivity contribution >= 4 is 11.9 Å². The van der Waals surface area contributed by atoms with Gasteiger partial charge in [-0.15, -0.1) is 0 Å². The van der Waals surface area contributed by atoms with Crippen molar-refractivity contribution in [2.75, 3.05) is 50.8 Å². The average molecular weight is 402 g/mol. The van der Waals surface area contributed by atoms with Gasteiger partial charge in [0.2, 0.25) is 11.9 Å². The summed E-state index contributed by atoms with van der Waals surface area (Å²) in [5.41, 5.74) is 0.292. The van der Waals surface area contributed by atoms with Crippen molar-refractivity contribution in [2.24, 2.45) is 5.41 Å². The molecule has 0 saturated carbocycles. The maximum absolute atomic E-state index is 12.2. The van der Waals surface area contributed by atoms with E-state index in [4.69, 9.17) is 4.74 Å². The molecule has 29 heavy (non-hydrogen) atoms. The fourth-order valence-electron chi connectivity index (χ4n) is 4.87. The van der Waals surface area contributed by atoms with Crippen molar-refractivity contribution in [1.29, 1.82) is 0 Å². The second kappa shape index (κ2) is 9.85. The van der Waals surface area contributed by atoms with Gasteiger partial charge < -0.3 is 19.9 Å². The lowest BCUT2D eigenvalue weighted by atomic mass is 9.73. The van der Waals surface area contributed by atoms with E-state index in [9.17, 15) is 4.79 Å². The number of carbonyl (C=O) groups excluding carboxylic acids is 1. The van der Waals surface area contributed by atoms with Crippen LogP contribution in [0.1, 0.15) is 51.4 Å². The first-order valence-electron chi connectivity index (χ1n) is 11.4. The maximum Gasteiger partial charge on any atom is 0.225 e. The largest absolute Gasteiger partial charge is 0.376 e. The molecule has 4 heterocycles. The van der Waals surface area contributed by atoms with Crippen molar-refractivity contribution in [2.45, 2.75) is 57.5 Å². The van der Waals surface area contributed by atoms with Crippen LogP contribution in [0.4, 0.5) is 5.95 Å². The quantitative estimate of drug-likeness (QED) is 0.788. The fourth-order valence-corrected chi connectivity index (χ4v) is 4.87. The Morgan fingerprint density at radius 1 is 1.10 bits per heavy atom. The van der Waals surface area contributed by atoms with E-state index < -0.39 is 0 Å². The molecule has 0 aromatic carbocycles.